The van der Waals surface area contributed by atoms with Crippen LogP contribution in [0.3, 0.4) is 0 Å². The average Bonchev–Trinajstić information content (AvgIpc) is 3.11. The molecule has 3 unspecified atom stereocenters. The maximum absolute atomic E-state index is 12.7. The molecule has 0 radical (unpaired) electrons. The topological polar surface area (TPSA) is 42.4 Å². The van der Waals surface area contributed by atoms with Crippen LogP contribution < -0.4 is 4.74 Å². The van der Waals surface area contributed by atoms with Gasteiger partial charge in [0.15, 0.2) is 0 Å². The molecule has 1 amide bonds. The van der Waals surface area contributed by atoms with E-state index in [1.54, 1.807) is 6.20 Å². The fourth-order valence-corrected chi connectivity index (χ4v) is 8.24. The Morgan fingerprint density at radius 1 is 1.17 bits per heavy atom. The van der Waals surface area contributed by atoms with Gasteiger partial charge in [0.25, 0.3) is 0 Å². The summed E-state index contributed by atoms with van der Waals surface area (Å²) in [6, 6.07) is 4.09. The molecule has 0 spiro atoms. The zero-order valence-corrected chi connectivity index (χ0v) is 18.4. The summed E-state index contributed by atoms with van der Waals surface area (Å²) in [6.45, 7) is 7.44. The van der Waals surface area contributed by atoms with Crippen molar-refractivity contribution in [1.82, 2.24) is 9.88 Å². The quantitative estimate of drug-likeness (QED) is 0.711. The number of fused-ring (bicyclic) bond motifs is 5. The van der Waals surface area contributed by atoms with Gasteiger partial charge in [-0.25, -0.2) is 0 Å². The van der Waals surface area contributed by atoms with E-state index in [0.29, 0.717) is 29.6 Å². The fourth-order valence-electron chi connectivity index (χ4n) is 8.24. The second-order valence-electron chi connectivity index (χ2n) is 11.0. The molecule has 1 aromatic rings. The van der Waals surface area contributed by atoms with Crippen LogP contribution in [0.5, 0.6) is 5.75 Å². The minimum atomic E-state index is 0.0302. The van der Waals surface area contributed by atoms with Gasteiger partial charge in [0.1, 0.15) is 11.9 Å². The molecule has 0 N–H and O–H groups in total. The first kappa shape index (κ1) is 19.4. The number of likely N-dealkylation sites (N-methyl/N-ethyl adjacent to an activating group) is 1. The van der Waals surface area contributed by atoms with Crippen LogP contribution in [0, 0.1) is 34.5 Å². The zero-order valence-electron chi connectivity index (χ0n) is 18.4. The molecule has 4 fully saturated rings. The first-order valence-corrected chi connectivity index (χ1v) is 11.7. The summed E-state index contributed by atoms with van der Waals surface area (Å²) < 4.78 is 6.70. The summed E-state index contributed by atoms with van der Waals surface area (Å²) in [6.07, 6.45) is 12.1. The molecular formula is C25H36N2O2. The van der Waals surface area contributed by atoms with E-state index in [4.69, 9.17) is 4.74 Å². The van der Waals surface area contributed by atoms with Crippen molar-refractivity contribution in [3.8, 4) is 5.75 Å². The van der Waals surface area contributed by atoms with Crippen molar-refractivity contribution in [2.24, 2.45) is 34.5 Å². The zero-order chi connectivity index (χ0) is 20.4. The highest BCUT2D eigenvalue weighted by Gasteiger charge is 2.64. The Kier molecular flexibility index (Phi) is 4.49. The number of hydrogen-bond acceptors (Lipinski definition) is 3. The minimum Gasteiger partial charge on any atom is -0.486 e. The smallest absolute Gasteiger partial charge is 0.222 e. The summed E-state index contributed by atoms with van der Waals surface area (Å²) in [5.74, 6) is 3.75. The number of piperidine rings is 1. The van der Waals surface area contributed by atoms with Crippen molar-refractivity contribution in [3.63, 3.8) is 0 Å². The molecule has 3 aliphatic carbocycles. The monoisotopic (exact) mass is 396 g/mol. The van der Waals surface area contributed by atoms with Crippen molar-refractivity contribution in [1.29, 1.82) is 0 Å². The van der Waals surface area contributed by atoms with E-state index < -0.39 is 0 Å². The summed E-state index contributed by atoms with van der Waals surface area (Å²) in [5.41, 5.74) is 0.643. The van der Waals surface area contributed by atoms with Gasteiger partial charge in [-0.05, 0) is 78.7 Å². The molecule has 4 nitrogen and oxygen atoms in total. The van der Waals surface area contributed by atoms with Crippen LogP contribution in [-0.4, -0.2) is 35.0 Å². The Morgan fingerprint density at radius 3 is 2.76 bits per heavy atom. The normalized spacial score (nSPS) is 46.6. The molecule has 0 bridgehead atoms. The fraction of sp³-hybridized carbons (Fsp3) is 0.760. The summed E-state index contributed by atoms with van der Waals surface area (Å²) >= 11 is 0. The minimum absolute atomic E-state index is 0.0302. The first-order chi connectivity index (χ1) is 13.8. The van der Waals surface area contributed by atoms with Crippen molar-refractivity contribution in [3.05, 3.63) is 24.5 Å². The third kappa shape index (κ3) is 2.77. The highest BCUT2D eigenvalue weighted by atomic mass is 16.5. The number of likely N-dealkylation sites (tertiary alicyclic amines) is 1. The Balaban J connectivity index is 1.58. The van der Waals surface area contributed by atoms with Crippen LogP contribution >= 0.6 is 0 Å². The molecule has 0 aromatic carbocycles. The molecule has 8 atom stereocenters. The second kappa shape index (κ2) is 6.72. The number of rotatable bonds is 2. The van der Waals surface area contributed by atoms with Crippen LogP contribution in [0.25, 0.3) is 0 Å². The lowest BCUT2D eigenvalue weighted by Gasteiger charge is -2.65. The standard InChI is InChI=1S/C25H36N2O2/c1-16-21-18-8-5-11-24(18,2)12-9-19(21)25(3)13-10-20(28)27(4)23(25)22(16)29-17-7-6-14-26-15-17/h6-7,14-16,18-19,21-23H,5,8-13H2,1-4H3/t16?,18-,19+,21-,22?,23?,24-,25+/m0/s1. The molecule has 5 rings (SSSR count). The molecule has 1 aromatic heterocycles. The number of carbonyl (C=O) groups excluding carboxylic acids is 1. The molecule has 2 heterocycles. The summed E-state index contributed by atoms with van der Waals surface area (Å²) in [7, 11) is 2.01. The molecule has 158 valence electrons. The number of carbonyl (C=O) groups is 1. The van der Waals surface area contributed by atoms with Gasteiger partial charge in [0.05, 0.1) is 12.2 Å². The van der Waals surface area contributed by atoms with Crippen molar-refractivity contribution < 1.29 is 9.53 Å². The maximum atomic E-state index is 12.7. The van der Waals surface area contributed by atoms with E-state index in [1.807, 2.05) is 30.3 Å². The maximum Gasteiger partial charge on any atom is 0.222 e. The van der Waals surface area contributed by atoms with Crippen molar-refractivity contribution >= 4 is 5.91 Å². The lowest BCUT2D eigenvalue weighted by atomic mass is 9.44. The van der Waals surface area contributed by atoms with Gasteiger partial charge < -0.3 is 9.64 Å². The third-order valence-electron chi connectivity index (χ3n) is 9.67. The van der Waals surface area contributed by atoms with Gasteiger partial charge in [-0.2, -0.15) is 0 Å². The predicted octanol–water partition coefficient (Wildman–Crippen LogP) is 4.94. The van der Waals surface area contributed by atoms with E-state index >= 15 is 0 Å². The first-order valence-electron chi connectivity index (χ1n) is 11.7. The summed E-state index contributed by atoms with van der Waals surface area (Å²) in [4.78, 5) is 19.1. The van der Waals surface area contributed by atoms with Gasteiger partial charge in [-0.3, -0.25) is 9.78 Å². The van der Waals surface area contributed by atoms with Crippen LogP contribution in [0.4, 0.5) is 0 Å². The van der Waals surface area contributed by atoms with Crippen LogP contribution in [0.2, 0.25) is 0 Å². The third-order valence-corrected chi connectivity index (χ3v) is 9.67. The van der Waals surface area contributed by atoms with Crippen LogP contribution in [-0.2, 0) is 4.79 Å². The Morgan fingerprint density at radius 2 is 2.00 bits per heavy atom. The molecule has 29 heavy (non-hydrogen) atoms. The highest BCUT2D eigenvalue weighted by Crippen LogP contribution is 2.66. The number of hydrogen-bond donors (Lipinski definition) is 0. The lowest BCUT2D eigenvalue weighted by molar-refractivity contribution is -0.191. The predicted molar refractivity (Wildman–Crippen MR) is 113 cm³/mol. The Labute approximate surface area is 175 Å². The van der Waals surface area contributed by atoms with E-state index in [9.17, 15) is 4.79 Å². The number of nitrogens with zero attached hydrogens (tertiary/aromatic N) is 2. The summed E-state index contributed by atoms with van der Waals surface area (Å²) in [5, 5.41) is 0. The SMILES string of the molecule is CC1C(Oc2cccnc2)C2N(C)C(=O)CC[C@]2(C)[C@@H]2CC[C@]3(C)CCC[C@H]3[C@H]12. The van der Waals surface area contributed by atoms with Crippen LogP contribution in [0.1, 0.15) is 65.7 Å². The molecule has 4 heteroatoms. The van der Waals surface area contributed by atoms with Gasteiger partial charge >= 0.3 is 0 Å². The molecule has 3 saturated carbocycles. The number of aromatic nitrogens is 1. The highest BCUT2D eigenvalue weighted by molar-refractivity contribution is 5.77. The second-order valence-corrected chi connectivity index (χ2v) is 11.0. The largest absolute Gasteiger partial charge is 0.486 e. The van der Waals surface area contributed by atoms with Gasteiger partial charge in [-0.1, -0.05) is 27.2 Å². The van der Waals surface area contributed by atoms with Crippen LogP contribution in [0.15, 0.2) is 24.5 Å². The molecule has 1 saturated heterocycles. The molecule has 1 aliphatic heterocycles. The van der Waals surface area contributed by atoms with Crippen molar-refractivity contribution in [2.45, 2.75) is 77.9 Å². The van der Waals surface area contributed by atoms with E-state index in [-0.39, 0.29) is 23.5 Å². The number of ether oxygens (including phenoxy) is 1. The van der Waals surface area contributed by atoms with Crippen molar-refractivity contribution in [2.75, 3.05) is 7.05 Å². The molecular weight excluding hydrogens is 360 g/mol. The van der Waals surface area contributed by atoms with E-state index in [1.165, 1.54) is 32.1 Å². The van der Waals surface area contributed by atoms with Gasteiger partial charge in [0.2, 0.25) is 5.91 Å². The van der Waals surface area contributed by atoms with Gasteiger partial charge in [-0.15, -0.1) is 0 Å². The van der Waals surface area contributed by atoms with E-state index in [2.05, 4.69) is 25.8 Å². The Hall–Kier alpha value is -1.58. The number of pyridine rings is 1. The lowest BCUT2D eigenvalue weighted by Crippen LogP contribution is -2.69. The number of amides is 1. The Bertz CT molecular complexity index is 782. The molecule has 4 aliphatic rings. The average molecular weight is 397 g/mol. The van der Waals surface area contributed by atoms with Gasteiger partial charge in [0, 0.05) is 19.7 Å². The van der Waals surface area contributed by atoms with E-state index in [0.717, 1.165) is 18.1 Å².